The second-order valence-corrected chi connectivity index (χ2v) is 7.22. The van der Waals surface area contributed by atoms with Crippen molar-refractivity contribution in [1.82, 2.24) is 9.88 Å². The molecule has 154 valence electrons. The van der Waals surface area contributed by atoms with Crippen LogP contribution in [0.2, 0.25) is 0 Å². The lowest BCUT2D eigenvalue weighted by atomic mass is 9.99. The summed E-state index contributed by atoms with van der Waals surface area (Å²) in [5.41, 5.74) is 0.170. The van der Waals surface area contributed by atoms with Crippen molar-refractivity contribution < 1.29 is 18.7 Å². The molecule has 0 saturated carbocycles. The van der Waals surface area contributed by atoms with Gasteiger partial charge in [0.25, 0.3) is 11.5 Å². The molecule has 3 rings (SSSR count). The molecular formula is C21H24FN3O4. The molecule has 2 aromatic rings. The van der Waals surface area contributed by atoms with E-state index in [0.29, 0.717) is 18.0 Å². The Morgan fingerprint density at radius 2 is 2.14 bits per heavy atom. The number of anilines is 1. The van der Waals surface area contributed by atoms with Crippen LogP contribution >= 0.6 is 0 Å². The number of methoxy groups -OCH3 is 1. The number of halogens is 1. The summed E-state index contributed by atoms with van der Waals surface area (Å²) in [4.78, 5) is 37.4. The first-order chi connectivity index (χ1) is 13.9. The Bertz CT molecular complexity index is 980. The molecule has 8 heteroatoms. The largest absolute Gasteiger partial charge is 0.465 e. The first-order valence-corrected chi connectivity index (χ1v) is 9.50. The zero-order valence-electron chi connectivity index (χ0n) is 16.5. The molecule has 2 heterocycles. The first-order valence-electron chi connectivity index (χ1n) is 9.50. The highest BCUT2D eigenvalue weighted by atomic mass is 19.1. The number of nitrogens with one attached hydrogen (secondary N) is 2. The Morgan fingerprint density at radius 1 is 1.34 bits per heavy atom. The van der Waals surface area contributed by atoms with Gasteiger partial charge in [-0.25, -0.2) is 9.18 Å². The fraction of sp³-hybridized carbons (Fsp3) is 0.381. The zero-order chi connectivity index (χ0) is 21.0. The lowest BCUT2D eigenvalue weighted by molar-refractivity contribution is 0.0600. The van der Waals surface area contributed by atoms with Gasteiger partial charge in [-0.2, -0.15) is 0 Å². The Morgan fingerprint density at radius 3 is 2.83 bits per heavy atom. The number of esters is 1. The third kappa shape index (κ3) is 4.89. The number of pyridine rings is 1. The van der Waals surface area contributed by atoms with E-state index in [4.69, 9.17) is 0 Å². The number of carbonyl (C=O) groups excluding carboxylic acids is 2. The van der Waals surface area contributed by atoms with E-state index in [1.54, 1.807) is 23.8 Å². The summed E-state index contributed by atoms with van der Waals surface area (Å²) in [6.07, 6.45) is 3.77. The highest BCUT2D eigenvalue weighted by Crippen LogP contribution is 2.17. The van der Waals surface area contributed by atoms with Gasteiger partial charge in [-0.1, -0.05) is 0 Å². The van der Waals surface area contributed by atoms with Gasteiger partial charge in [-0.3, -0.25) is 9.59 Å². The fourth-order valence-corrected chi connectivity index (χ4v) is 3.53. The Balaban J connectivity index is 1.85. The third-order valence-electron chi connectivity index (χ3n) is 5.03. The molecular weight excluding hydrogens is 377 g/mol. The topological polar surface area (TPSA) is 89.4 Å². The lowest BCUT2D eigenvalue weighted by Gasteiger charge is -2.23. The molecule has 0 spiro atoms. The smallest absolute Gasteiger partial charge is 0.338 e. The van der Waals surface area contributed by atoms with Gasteiger partial charge >= 0.3 is 5.97 Å². The van der Waals surface area contributed by atoms with Crippen LogP contribution in [0.5, 0.6) is 0 Å². The Hall–Kier alpha value is -3.00. The normalized spacial score (nSPS) is 16.3. The van der Waals surface area contributed by atoms with Gasteiger partial charge < -0.3 is 19.9 Å². The van der Waals surface area contributed by atoms with Crippen LogP contribution in [0.25, 0.3) is 0 Å². The predicted octanol–water partition coefficient (Wildman–Crippen LogP) is 2.33. The second-order valence-electron chi connectivity index (χ2n) is 7.22. The van der Waals surface area contributed by atoms with E-state index in [2.05, 4.69) is 15.4 Å². The second kappa shape index (κ2) is 9.00. The summed E-state index contributed by atoms with van der Waals surface area (Å²) in [5, 5.41) is 5.83. The molecule has 1 aromatic carbocycles. The molecule has 1 saturated heterocycles. The van der Waals surface area contributed by atoms with Crippen LogP contribution in [0.15, 0.2) is 35.3 Å². The molecule has 0 bridgehead atoms. The van der Waals surface area contributed by atoms with Crippen molar-refractivity contribution in [2.75, 3.05) is 25.5 Å². The number of ether oxygens (including phenoxy) is 1. The van der Waals surface area contributed by atoms with Crippen molar-refractivity contribution in [3.8, 4) is 0 Å². The van der Waals surface area contributed by atoms with Crippen LogP contribution in [0.1, 0.15) is 39.1 Å². The molecule has 1 aromatic heterocycles. The van der Waals surface area contributed by atoms with Crippen LogP contribution in [-0.2, 0) is 11.3 Å². The highest BCUT2D eigenvalue weighted by Gasteiger charge is 2.20. The molecule has 1 aliphatic rings. The van der Waals surface area contributed by atoms with Crippen LogP contribution in [0.4, 0.5) is 10.1 Å². The minimum absolute atomic E-state index is 0.000137. The summed E-state index contributed by atoms with van der Waals surface area (Å²) in [6.45, 7) is 4.02. The average molecular weight is 401 g/mol. The van der Waals surface area contributed by atoms with Gasteiger partial charge in [0.2, 0.25) is 0 Å². The van der Waals surface area contributed by atoms with Crippen molar-refractivity contribution in [3.63, 3.8) is 0 Å². The monoisotopic (exact) mass is 401 g/mol. The van der Waals surface area contributed by atoms with Gasteiger partial charge in [0.1, 0.15) is 11.4 Å². The molecule has 1 fully saturated rings. The molecule has 1 unspecified atom stereocenters. The van der Waals surface area contributed by atoms with E-state index < -0.39 is 23.3 Å². The number of aromatic nitrogens is 1. The number of hydrogen-bond acceptors (Lipinski definition) is 5. The van der Waals surface area contributed by atoms with E-state index in [9.17, 15) is 18.8 Å². The van der Waals surface area contributed by atoms with E-state index in [1.165, 1.54) is 13.2 Å². The quantitative estimate of drug-likeness (QED) is 0.751. The van der Waals surface area contributed by atoms with Gasteiger partial charge in [-0.15, -0.1) is 0 Å². The van der Waals surface area contributed by atoms with Crippen molar-refractivity contribution in [2.24, 2.45) is 5.92 Å². The number of rotatable bonds is 5. The van der Waals surface area contributed by atoms with Crippen LogP contribution in [0, 0.1) is 18.7 Å². The van der Waals surface area contributed by atoms with Gasteiger partial charge in [-0.05, 0) is 68.6 Å². The molecule has 7 nitrogen and oxygen atoms in total. The highest BCUT2D eigenvalue weighted by molar-refractivity contribution is 6.05. The number of aryl methyl sites for hydroxylation is 1. The summed E-state index contributed by atoms with van der Waals surface area (Å²) >= 11 is 0. The molecule has 1 aliphatic heterocycles. The lowest BCUT2D eigenvalue weighted by Crippen LogP contribution is -2.36. The van der Waals surface area contributed by atoms with Crippen molar-refractivity contribution in [2.45, 2.75) is 26.3 Å². The maximum atomic E-state index is 13.8. The minimum atomic E-state index is -0.723. The van der Waals surface area contributed by atoms with E-state index in [0.717, 1.165) is 38.1 Å². The standard InChI is InChI=1S/C21H24FN3O4/c1-13-5-7-25(12-14-4-3-6-23-11-14)20(27)18(13)19(26)24-17-9-15(21(28)29-2)8-16(22)10-17/h5,7-10,14,23H,3-4,6,11-12H2,1-2H3,(H,24,26). The number of benzene rings is 1. The summed E-state index contributed by atoms with van der Waals surface area (Å²) in [6, 6.07) is 5.12. The molecule has 0 radical (unpaired) electrons. The zero-order valence-corrected chi connectivity index (χ0v) is 16.5. The molecule has 1 atom stereocenters. The molecule has 29 heavy (non-hydrogen) atoms. The fourth-order valence-electron chi connectivity index (χ4n) is 3.53. The third-order valence-corrected chi connectivity index (χ3v) is 5.03. The van der Waals surface area contributed by atoms with E-state index >= 15 is 0 Å². The van der Waals surface area contributed by atoms with Crippen molar-refractivity contribution >= 4 is 17.6 Å². The molecule has 2 N–H and O–H groups in total. The van der Waals surface area contributed by atoms with Gasteiger partial charge in [0, 0.05) is 18.4 Å². The number of carbonyl (C=O) groups is 2. The van der Waals surface area contributed by atoms with Crippen LogP contribution < -0.4 is 16.2 Å². The molecule has 0 aliphatic carbocycles. The summed E-state index contributed by atoms with van der Waals surface area (Å²) in [5.74, 6) is -1.74. The number of nitrogens with zero attached hydrogens (tertiary/aromatic N) is 1. The van der Waals surface area contributed by atoms with Gasteiger partial charge in [0.05, 0.1) is 12.7 Å². The van der Waals surface area contributed by atoms with Crippen molar-refractivity contribution in [3.05, 3.63) is 63.3 Å². The predicted molar refractivity (Wildman–Crippen MR) is 107 cm³/mol. The van der Waals surface area contributed by atoms with Crippen molar-refractivity contribution in [1.29, 1.82) is 0 Å². The number of amides is 1. The number of piperidine rings is 1. The van der Waals surface area contributed by atoms with E-state index in [-0.39, 0.29) is 16.8 Å². The first kappa shape index (κ1) is 20.7. The van der Waals surface area contributed by atoms with Gasteiger partial charge in [0.15, 0.2) is 0 Å². The summed E-state index contributed by atoms with van der Waals surface area (Å²) < 4.78 is 20.0. The SMILES string of the molecule is COC(=O)c1cc(F)cc(NC(=O)c2c(C)ccn(CC3CCCNC3)c2=O)c1. The van der Waals surface area contributed by atoms with E-state index in [1.807, 2.05) is 0 Å². The minimum Gasteiger partial charge on any atom is -0.465 e. The van der Waals surface area contributed by atoms with Crippen LogP contribution in [-0.4, -0.2) is 36.6 Å². The van der Waals surface area contributed by atoms with Crippen LogP contribution in [0.3, 0.4) is 0 Å². The maximum absolute atomic E-state index is 13.8. The molecule has 1 amide bonds. The Kier molecular flexibility index (Phi) is 6.43. The Labute approximate surface area is 167 Å². The average Bonchev–Trinajstić information content (AvgIpc) is 2.70. The number of hydrogen-bond donors (Lipinski definition) is 2. The maximum Gasteiger partial charge on any atom is 0.338 e. The summed E-state index contributed by atoms with van der Waals surface area (Å²) in [7, 11) is 1.18.